The molecular formula is C12H15FN2O3. The van der Waals surface area contributed by atoms with E-state index in [2.05, 4.69) is 6.58 Å². The first-order chi connectivity index (χ1) is 8.95. The van der Waals surface area contributed by atoms with Gasteiger partial charge in [0, 0.05) is 19.6 Å². The topological polar surface area (TPSA) is 64.1 Å². The van der Waals surface area contributed by atoms with Gasteiger partial charge in [-0.3, -0.25) is 14.3 Å². The van der Waals surface area contributed by atoms with Gasteiger partial charge in [-0.1, -0.05) is 13.0 Å². The second-order valence-electron chi connectivity index (χ2n) is 4.42. The van der Waals surface area contributed by atoms with Crippen molar-refractivity contribution in [3.8, 4) is 0 Å². The van der Waals surface area contributed by atoms with E-state index in [1.807, 2.05) is 4.98 Å². The van der Waals surface area contributed by atoms with E-state index < -0.39 is 35.2 Å². The number of nitrogens with zero attached hydrogens (tertiary/aromatic N) is 1. The van der Waals surface area contributed by atoms with Crippen LogP contribution in [0.25, 0.3) is 0 Å². The van der Waals surface area contributed by atoms with Crippen molar-refractivity contribution < 1.29 is 10.5 Å². The molecule has 1 saturated heterocycles. The zero-order chi connectivity index (χ0) is 14.2. The Hall–Kier alpha value is -1.69. The number of aromatic amines is 1. The van der Waals surface area contributed by atoms with Crippen LogP contribution in [0.2, 0.25) is 0 Å². The van der Waals surface area contributed by atoms with Gasteiger partial charge in [-0.25, -0.2) is 9.18 Å². The number of aromatic nitrogens is 2. The predicted octanol–water partition coefficient (Wildman–Crippen LogP) is 0.984. The summed E-state index contributed by atoms with van der Waals surface area (Å²) in [4.78, 5) is 24.7. The standard InChI is InChI=1S/C12H15FN2O3/c1-4-12(3)7(2)9(13)10(18-12)15-6-5-8(16)14-11(15)17/h4-7,9-10H,1H2,2-3H3,(H,14,16,17)/t7-,9+,10+,12-/m0/s1/i3T. The summed E-state index contributed by atoms with van der Waals surface area (Å²) in [6.45, 7) is 5.00. The summed E-state index contributed by atoms with van der Waals surface area (Å²) in [5.74, 6) is -0.605. The Morgan fingerprint density at radius 2 is 2.44 bits per heavy atom. The Morgan fingerprint density at radius 3 is 2.94 bits per heavy atom. The molecule has 1 N–H and O–H groups in total. The van der Waals surface area contributed by atoms with Gasteiger partial charge < -0.3 is 4.74 Å². The van der Waals surface area contributed by atoms with Crippen LogP contribution in [-0.2, 0) is 4.74 Å². The highest BCUT2D eigenvalue weighted by molar-refractivity contribution is 5.06. The molecule has 1 fully saturated rings. The summed E-state index contributed by atoms with van der Waals surface area (Å²) in [6.07, 6.45) is -0.0444. The van der Waals surface area contributed by atoms with Gasteiger partial charge in [0.25, 0.3) is 5.56 Å². The lowest BCUT2D eigenvalue weighted by Gasteiger charge is -2.23. The number of ether oxygens (including phenoxy) is 1. The zero-order valence-electron chi connectivity index (χ0n) is 10.9. The van der Waals surface area contributed by atoms with Gasteiger partial charge >= 0.3 is 5.69 Å². The van der Waals surface area contributed by atoms with Crippen LogP contribution in [-0.4, -0.2) is 21.3 Å². The van der Waals surface area contributed by atoms with Gasteiger partial charge in [-0.05, 0) is 6.90 Å². The van der Waals surface area contributed by atoms with E-state index in [4.69, 9.17) is 6.11 Å². The number of alkyl halides is 1. The molecule has 0 spiro atoms. The van der Waals surface area contributed by atoms with Crippen LogP contribution in [0, 0.1) is 5.92 Å². The van der Waals surface area contributed by atoms with Crippen LogP contribution in [0.1, 0.15) is 21.4 Å². The highest BCUT2D eigenvalue weighted by Crippen LogP contribution is 2.43. The van der Waals surface area contributed by atoms with Crippen LogP contribution in [0.4, 0.5) is 4.39 Å². The van der Waals surface area contributed by atoms with Crippen LogP contribution in [0.15, 0.2) is 34.5 Å². The van der Waals surface area contributed by atoms with Gasteiger partial charge in [0.05, 0.1) is 5.60 Å². The van der Waals surface area contributed by atoms with Crippen molar-refractivity contribution in [2.75, 3.05) is 0 Å². The Labute approximate surface area is 104 Å². The minimum atomic E-state index is -1.47. The number of rotatable bonds is 2. The Bertz CT molecular complexity index is 599. The average Bonchev–Trinajstić information content (AvgIpc) is 2.64. The molecule has 0 aliphatic carbocycles. The van der Waals surface area contributed by atoms with Crippen molar-refractivity contribution in [2.45, 2.75) is 31.8 Å². The van der Waals surface area contributed by atoms with Crippen molar-refractivity contribution in [1.82, 2.24) is 9.55 Å². The summed E-state index contributed by atoms with van der Waals surface area (Å²) in [5, 5.41) is 0. The van der Waals surface area contributed by atoms with Gasteiger partial charge in [-0.2, -0.15) is 0 Å². The van der Waals surface area contributed by atoms with E-state index in [1.54, 1.807) is 6.92 Å². The van der Waals surface area contributed by atoms with E-state index in [9.17, 15) is 14.0 Å². The van der Waals surface area contributed by atoms with Crippen LogP contribution in [0.3, 0.4) is 0 Å². The lowest BCUT2D eigenvalue weighted by molar-refractivity contribution is -0.0528. The molecule has 0 radical (unpaired) electrons. The fourth-order valence-electron chi connectivity index (χ4n) is 1.99. The SMILES string of the molecule is [3H]C[C@@]1(C=C)O[C@@H](n2ccc(=O)[nH]c2=O)[C@H](F)[C@@H]1C. The first-order valence-electron chi connectivity index (χ1n) is 6.22. The second-order valence-corrected chi connectivity index (χ2v) is 4.42. The molecule has 0 unspecified atom stereocenters. The minimum Gasteiger partial charge on any atom is -0.344 e. The predicted molar refractivity (Wildman–Crippen MR) is 64.1 cm³/mol. The fourth-order valence-corrected chi connectivity index (χ4v) is 1.99. The molecule has 1 aliphatic rings. The fraction of sp³-hybridized carbons (Fsp3) is 0.500. The molecule has 1 aromatic rings. The summed E-state index contributed by atoms with van der Waals surface area (Å²) in [6, 6.07) is 1.12. The summed E-state index contributed by atoms with van der Waals surface area (Å²) >= 11 is 0. The monoisotopic (exact) mass is 256 g/mol. The summed E-state index contributed by atoms with van der Waals surface area (Å²) in [7, 11) is 0. The third kappa shape index (κ3) is 1.82. The molecule has 2 heterocycles. The van der Waals surface area contributed by atoms with Crippen LogP contribution >= 0.6 is 0 Å². The van der Waals surface area contributed by atoms with Crippen molar-refractivity contribution >= 4 is 0 Å². The molecule has 6 heteroatoms. The third-order valence-corrected chi connectivity index (χ3v) is 3.33. The van der Waals surface area contributed by atoms with Crippen molar-refractivity contribution in [3.63, 3.8) is 0 Å². The molecule has 0 aromatic carbocycles. The molecule has 4 atom stereocenters. The van der Waals surface area contributed by atoms with Gasteiger partial charge in [0.2, 0.25) is 0 Å². The van der Waals surface area contributed by atoms with Gasteiger partial charge in [0.15, 0.2) is 12.4 Å². The van der Waals surface area contributed by atoms with Crippen LogP contribution in [0.5, 0.6) is 0 Å². The van der Waals surface area contributed by atoms with Crippen molar-refractivity contribution in [2.24, 2.45) is 5.92 Å². The molecule has 18 heavy (non-hydrogen) atoms. The smallest absolute Gasteiger partial charge is 0.330 e. The van der Waals surface area contributed by atoms with Crippen molar-refractivity contribution in [3.05, 3.63) is 45.8 Å². The third-order valence-electron chi connectivity index (χ3n) is 3.33. The lowest BCUT2D eigenvalue weighted by Crippen LogP contribution is -2.34. The minimum absolute atomic E-state index is 0.188. The lowest BCUT2D eigenvalue weighted by atomic mass is 9.89. The number of hydrogen-bond donors (Lipinski definition) is 1. The number of hydrogen-bond acceptors (Lipinski definition) is 3. The van der Waals surface area contributed by atoms with E-state index in [0.29, 0.717) is 0 Å². The normalized spacial score (nSPS) is 36.3. The zero-order valence-corrected chi connectivity index (χ0v) is 9.93. The Kier molecular flexibility index (Phi) is 2.66. The highest BCUT2D eigenvalue weighted by atomic mass is 19.1. The number of H-pyrrole nitrogens is 1. The summed E-state index contributed by atoms with van der Waals surface area (Å²) in [5.41, 5.74) is -2.42. The maximum atomic E-state index is 14.3. The first kappa shape index (κ1) is 11.4. The Morgan fingerprint density at radius 1 is 1.72 bits per heavy atom. The van der Waals surface area contributed by atoms with Crippen LogP contribution < -0.4 is 11.2 Å². The maximum absolute atomic E-state index is 14.3. The van der Waals surface area contributed by atoms with Gasteiger partial charge in [0.1, 0.15) is 0 Å². The van der Waals surface area contributed by atoms with E-state index in [0.717, 1.165) is 10.6 Å². The molecule has 0 amide bonds. The number of halogens is 1. The molecule has 1 aliphatic heterocycles. The second kappa shape index (κ2) is 4.20. The molecule has 2 rings (SSSR count). The average molecular weight is 256 g/mol. The molecule has 1 aromatic heterocycles. The molecule has 5 nitrogen and oxygen atoms in total. The van der Waals surface area contributed by atoms with Gasteiger partial charge in [-0.15, -0.1) is 6.58 Å². The van der Waals surface area contributed by atoms with Crippen molar-refractivity contribution in [1.29, 1.82) is 0 Å². The molecule has 0 saturated carbocycles. The quantitative estimate of drug-likeness (QED) is 0.802. The maximum Gasteiger partial charge on any atom is 0.330 e. The van der Waals surface area contributed by atoms with E-state index >= 15 is 0 Å². The largest absolute Gasteiger partial charge is 0.344 e. The molecule has 0 bridgehead atoms. The highest BCUT2D eigenvalue weighted by Gasteiger charge is 2.49. The number of nitrogens with one attached hydrogen (secondary N) is 1. The molecular weight excluding hydrogens is 239 g/mol. The summed E-state index contributed by atoms with van der Waals surface area (Å²) < 4.78 is 28.3. The van der Waals surface area contributed by atoms with E-state index in [-0.39, 0.29) is 6.90 Å². The first-order valence-corrected chi connectivity index (χ1v) is 5.51. The molecule has 98 valence electrons. The Balaban J connectivity index is 2.45. The van der Waals surface area contributed by atoms with E-state index in [1.165, 1.54) is 12.3 Å².